The highest BCUT2D eigenvalue weighted by molar-refractivity contribution is 5.28. The first-order valence-electron chi connectivity index (χ1n) is 6.72. The van der Waals surface area contributed by atoms with Gasteiger partial charge in [0.1, 0.15) is 18.2 Å². The smallest absolute Gasteiger partial charge is 0.126 e. The number of halogens is 1. The molecule has 0 heterocycles. The summed E-state index contributed by atoms with van der Waals surface area (Å²) in [6.45, 7) is 2.00. The van der Waals surface area contributed by atoms with Crippen molar-refractivity contribution >= 4 is 0 Å². The maximum absolute atomic E-state index is 13.1. The molecule has 1 saturated carbocycles. The first-order chi connectivity index (χ1) is 8.65. The van der Waals surface area contributed by atoms with Crippen molar-refractivity contribution in [2.24, 2.45) is 5.92 Å². The van der Waals surface area contributed by atoms with Crippen molar-refractivity contribution < 1.29 is 14.2 Å². The van der Waals surface area contributed by atoms with Crippen LogP contribution >= 0.6 is 0 Å². The zero-order valence-electron chi connectivity index (χ0n) is 10.9. The second-order valence-electron chi connectivity index (χ2n) is 5.26. The summed E-state index contributed by atoms with van der Waals surface area (Å²) in [5.41, 5.74) is 0.567. The minimum absolute atomic E-state index is 0.228. The molecule has 18 heavy (non-hydrogen) atoms. The normalized spacial score (nSPS) is 17.9. The molecule has 0 saturated heterocycles. The predicted octanol–water partition coefficient (Wildman–Crippen LogP) is 3.45. The van der Waals surface area contributed by atoms with Crippen LogP contribution in [0.5, 0.6) is 5.75 Å². The minimum atomic E-state index is -0.418. The van der Waals surface area contributed by atoms with Crippen LogP contribution < -0.4 is 4.74 Å². The van der Waals surface area contributed by atoms with Crippen LogP contribution in [0.15, 0.2) is 18.2 Å². The Bertz CT molecular complexity index is 386. The molecule has 1 aliphatic carbocycles. The molecule has 1 fully saturated rings. The molecule has 100 valence electrons. The van der Waals surface area contributed by atoms with E-state index in [9.17, 15) is 9.50 Å². The molecular weight excluding hydrogens is 231 g/mol. The van der Waals surface area contributed by atoms with Crippen LogP contribution in [-0.4, -0.2) is 17.8 Å². The van der Waals surface area contributed by atoms with Gasteiger partial charge in [-0.2, -0.15) is 0 Å². The van der Waals surface area contributed by atoms with Crippen LogP contribution in [0.3, 0.4) is 0 Å². The number of hydrogen-bond donors (Lipinski definition) is 1. The quantitative estimate of drug-likeness (QED) is 0.869. The third-order valence-corrected chi connectivity index (χ3v) is 3.65. The highest BCUT2D eigenvalue weighted by atomic mass is 19.1. The maximum atomic E-state index is 13.1. The van der Waals surface area contributed by atoms with E-state index in [-0.39, 0.29) is 5.82 Å². The van der Waals surface area contributed by atoms with E-state index in [2.05, 4.69) is 0 Å². The van der Waals surface area contributed by atoms with Gasteiger partial charge in [0, 0.05) is 0 Å². The standard InChI is InChI=1S/C15H21FO2/c1-11-8-14(6-7-15(11)16)18-10-13(17)9-12-4-2-3-5-12/h6-8,12-13,17H,2-5,9-10H2,1H3. The Morgan fingerprint density at radius 1 is 1.39 bits per heavy atom. The number of aliphatic hydroxyl groups is 1. The summed E-state index contributed by atoms with van der Waals surface area (Å²) in [7, 11) is 0. The minimum Gasteiger partial charge on any atom is -0.491 e. The summed E-state index contributed by atoms with van der Waals surface area (Å²) in [6.07, 6.45) is 5.43. The SMILES string of the molecule is Cc1cc(OCC(O)CC2CCCC2)ccc1F. The van der Waals surface area contributed by atoms with Gasteiger partial charge < -0.3 is 9.84 Å². The van der Waals surface area contributed by atoms with Gasteiger partial charge in [0.15, 0.2) is 0 Å². The van der Waals surface area contributed by atoms with Gasteiger partial charge in [-0.1, -0.05) is 25.7 Å². The summed E-state index contributed by atoms with van der Waals surface area (Å²) < 4.78 is 18.6. The van der Waals surface area contributed by atoms with Gasteiger partial charge in [0.05, 0.1) is 6.10 Å². The lowest BCUT2D eigenvalue weighted by molar-refractivity contribution is 0.0855. The van der Waals surface area contributed by atoms with Gasteiger partial charge in [-0.3, -0.25) is 0 Å². The lowest BCUT2D eigenvalue weighted by atomic mass is 10.0. The zero-order chi connectivity index (χ0) is 13.0. The summed E-state index contributed by atoms with van der Waals surface area (Å²) in [5.74, 6) is 1.05. The Balaban J connectivity index is 1.77. The highest BCUT2D eigenvalue weighted by Gasteiger charge is 2.19. The predicted molar refractivity (Wildman–Crippen MR) is 69.2 cm³/mol. The Morgan fingerprint density at radius 2 is 2.11 bits per heavy atom. The largest absolute Gasteiger partial charge is 0.491 e. The molecule has 0 aliphatic heterocycles. The van der Waals surface area contributed by atoms with Gasteiger partial charge in [-0.25, -0.2) is 4.39 Å². The van der Waals surface area contributed by atoms with Crippen LogP contribution in [0.4, 0.5) is 4.39 Å². The number of benzene rings is 1. The number of ether oxygens (including phenoxy) is 1. The third kappa shape index (κ3) is 3.70. The van der Waals surface area contributed by atoms with Crippen LogP contribution in [0, 0.1) is 18.7 Å². The van der Waals surface area contributed by atoms with E-state index < -0.39 is 6.10 Å². The van der Waals surface area contributed by atoms with Crippen LogP contribution in [-0.2, 0) is 0 Å². The summed E-state index contributed by atoms with van der Waals surface area (Å²) in [4.78, 5) is 0. The van der Waals surface area contributed by atoms with Crippen molar-refractivity contribution in [3.63, 3.8) is 0 Å². The van der Waals surface area contributed by atoms with Gasteiger partial charge in [-0.15, -0.1) is 0 Å². The molecule has 2 rings (SSSR count). The fourth-order valence-corrected chi connectivity index (χ4v) is 2.60. The average molecular weight is 252 g/mol. The van der Waals surface area contributed by atoms with Gasteiger partial charge in [0.25, 0.3) is 0 Å². The summed E-state index contributed by atoms with van der Waals surface area (Å²) in [5, 5.41) is 9.90. The van der Waals surface area contributed by atoms with Gasteiger partial charge in [-0.05, 0) is 43.0 Å². The van der Waals surface area contributed by atoms with E-state index in [1.165, 1.54) is 31.7 Å². The van der Waals surface area contributed by atoms with E-state index in [1.807, 2.05) is 0 Å². The monoisotopic (exact) mass is 252 g/mol. The molecule has 1 atom stereocenters. The van der Waals surface area contributed by atoms with Gasteiger partial charge in [0.2, 0.25) is 0 Å². The number of rotatable bonds is 5. The Kier molecular flexibility index (Phi) is 4.59. The molecule has 1 aliphatic rings. The maximum Gasteiger partial charge on any atom is 0.126 e. The molecule has 0 aromatic heterocycles. The topological polar surface area (TPSA) is 29.5 Å². The van der Waals surface area contributed by atoms with Crippen molar-refractivity contribution in [1.82, 2.24) is 0 Å². The fraction of sp³-hybridized carbons (Fsp3) is 0.600. The second kappa shape index (κ2) is 6.19. The fourth-order valence-electron chi connectivity index (χ4n) is 2.60. The Labute approximate surface area is 108 Å². The lowest BCUT2D eigenvalue weighted by Crippen LogP contribution is -2.20. The van der Waals surface area contributed by atoms with Crippen molar-refractivity contribution in [3.05, 3.63) is 29.6 Å². The van der Waals surface area contributed by atoms with Crippen LogP contribution in [0.1, 0.15) is 37.7 Å². The summed E-state index contributed by atoms with van der Waals surface area (Å²) >= 11 is 0. The zero-order valence-corrected chi connectivity index (χ0v) is 10.9. The average Bonchev–Trinajstić information content (AvgIpc) is 2.83. The molecule has 1 aromatic carbocycles. The molecule has 3 heteroatoms. The highest BCUT2D eigenvalue weighted by Crippen LogP contribution is 2.28. The van der Waals surface area contributed by atoms with Gasteiger partial charge >= 0.3 is 0 Å². The van der Waals surface area contributed by atoms with E-state index in [0.717, 1.165) is 6.42 Å². The molecule has 0 radical (unpaired) electrons. The molecule has 1 N–H and O–H groups in total. The lowest BCUT2D eigenvalue weighted by Gasteiger charge is -2.16. The van der Waals surface area contributed by atoms with Crippen molar-refractivity contribution in [1.29, 1.82) is 0 Å². The first-order valence-corrected chi connectivity index (χ1v) is 6.72. The Morgan fingerprint density at radius 3 is 2.78 bits per heavy atom. The molecule has 0 amide bonds. The first kappa shape index (κ1) is 13.3. The number of hydrogen-bond acceptors (Lipinski definition) is 2. The number of aliphatic hydroxyl groups excluding tert-OH is 1. The van der Waals surface area contributed by atoms with E-state index in [0.29, 0.717) is 23.8 Å². The second-order valence-corrected chi connectivity index (χ2v) is 5.26. The molecule has 0 spiro atoms. The van der Waals surface area contributed by atoms with E-state index >= 15 is 0 Å². The molecule has 1 aromatic rings. The van der Waals surface area contributed by atoms with Crippen molar-refractivity contribution in [3.8, 4) is 5.75 Å². The van der Waals surface area contributed by atoms with Crippen molar-refractivity contribution in [2.45, 2.75) is 45.1 Å². The third-order valence-electron chi connectivity index (χ3n) is 3.65. The van der Waals surface area contributed by atoms with Crippen LogP contribution in [0.2, 0.25) is 0 Å². The molecule has 1 unspecified atom stereocenters. The van der Waals surface area contributed by atoms with Crippen molar-refractivity contribution in [2.75, 3.05) is 6.61 Å². The molecular formula is C15H21FO2. The number of aryl methyl sites for hydroxylation is 1. The summed E-state index contributed by atoms with van der Waals surface area (Å²) in [6, 6.07) is 4.66. The van der Waals surface area contributed by atoms with E-state index in [4.69, 9.17) is 4.74 Å². The molecule has 2 nitrogen and oxygen atoms in total. The van der Waals surface area contributed by atoms with Crippen LogP contribution in [0.25, 0.3) is 0 Å². The Hall–Kier alpha value is -1.09. The molecule has 0 bridgehead atoms. The van der Waals surface area contributed by atoms with E-state index in [1.54, 1.807) is 19.1 Å².